The lowest BCUT2D eigenvalue weighted by molar-refractivity contribution is -0.136. The monoisotopic (exact) mass is 874 g/mol. The molecule has 3 amide bonds. The van der Waals surface area contributed by atoms with Crippen molar-refractivity contribution in [2.75, 3.05) is 34.0 Å². The van der Waals surface area contributed by atoms with Crippen LogP contribution in [0.25, 0.3) is 44.2 Å². The van der Waals surface area contributed by atoms with Gasteiger partial charge in [-0.3, -0.25) is 9.69 Å². The molecule has 10 rings (SSSR count). The number of hydrogen-bond acceptors (Lipinski definition) is 11. The highest BCUT2D eigenvalue weighted by Crippen LogP contribution is 2.49. The molecule has 6 heterocycles. The summed E-state index contributed by atoms with van der Waals surface area (Å²) in [5.41, 5.74) is 6.76. The highest BCUT2D eigenvalue weighted by Gasteiger charge is 2.50. The van der Waals surface area contributed by atoms with Crippen molar-refractivity contribution in [1.82, 2.24) is 40.4 Å². The SMILES string of the molecule is COC(=O)N[C@@H](C(C)C)C(O)N1[C@H](c2nc3c(ccc4cc5c(cc43)OCc3cc(-c4cnc(C6CCCN6C(=O)[C@@H](NC(=O)OC)C6CCOCC6)[nH]4)ccc3-5)[nH]2)CC2CCC[C@@H]21. The number of aliphatic hydroxyl groups excluding tert-OH is 1. The van der Waals surface area contributed by atoms with Crippen LogP contribution in [0.5, 0.6) is 5.75 Å². The third-order valence-electron chi connectivity index (χ3n) is 14.6. The Hall–Kier alpha value is -5.71. The molecule has 16 nitrogen and oxygen atoms in total. The number of nitrogens with one attached hydrogen (secondary N) is 4. The number of amides is 3. The van der Waals surface area contributed by atoms with Crippen molar-refractivity contribution < 1.29 is 38.4 Å². The van der Waals surface area contributed by atoms with E-state index in [1.165, 1.54) is 14.2 Å². The molecule has 16 heteroatoms. The summed E-state index contributed by atoms with van der Waals surface area (Å²) in [4.78, 5) is 60.0. The van der Waals surface area contributed by atoms with Crippen LogP contribution in [0.1, 0.15) is 94.5 Å². The fraction of sp³-hybridized carbons (Fsp3) is 0.521. The Kier molecular flexibility index (Phi) is 11.5. The van der Waals surface area contributed by atoms with Crippen LogP contribution in [0.3, 0.4) is 0 Å². The molecule has 5 N–H and O–H groups in total. The van der Waals surface area contributed by atoms with E-state index >= 15 is 0 Å². The number of carbonyl (C=O) groups is 3. The lowest BCUT2D eigenvalue weighted by Crippen LogP contribution is -2.56. The predicted molar refractivity (Wildman–Crippen MR) is 238 cm³/mol. The number of rotatable bonds is 10. The van der Waals surface area contributed by atoms with E-state index in [2.05, 4.69) is 68.0 Å². The number of ether oxygens (including phenoxy) is 4. The number of imidazole rings is 2. The van der Waals surface area contributed by atoms with Crippen LogP contribution in [-0.4, -0.2) is 111 Å². The van der Waals surface area contributed by atoms with Crippen LogP contribution >= 0.6 is 0 Å². The first kappa shape index (κ1) is 42.3. The fourth-order valence-electron chi connectivity index (χ4n) is 11.3. The smallest absolute Gasteiger partial charge is 0.407 e. The summed E-state index contributed by atoms with van der Waals surface area (Å²) in [5.74, 6) is 2.59. The number of benzene rings is 3. The Morgan fingerprint density at radius 3 is 2.50 bits per heavy atom. The van der Waals surface area contributed by atoms with Gasteiger partial charge in [0.25, 0.3) is 0 Å². The topological polar surface area (TPSA) is 196 Å². The number of aromatic amines is 2. The van der Waals surface area contributed by atoms with Crippen molar-refractivity contribution in [3.63, 3.8) is 0 Å². The zero-order valence-electron chi connectivity index (χ0n) is 36.9. The minimum Gasteiger partial charge on any atom is -0.488 e. The molecule has 4 aliphatic heterocycles. The summed E-state index contributed by atoms with van der Waals surface area (Å²) in [7, 11) is 2.65. The summed E-state index contributed by atoms with van der Waals surface area (Å²) >= 11 is 0. The Labute approximate surface area is 371 Å². The van der Waals surface area contributed by atoms with Crippen molar-refractivity contribution in [2.45, 2.75) is 108 Å². The first-order valence-electron chi connectivity index (χ1n) is 22.9. The Bertz CT molecular complexity index is 2570. The summed E-state index contributed by atoms with van der Waals surface area (Å²) in [6, 6.07) is 13.5. The quantitative estimate of drug-likeness (QED) is 0.0961. The zero-order valence-corrected chi connectivity index (χ0v) is 36.9. The molecule has 0 bridgehead atoms. The molecule has 5 aliphatic rings. The van der Waals surface area contributed by atoms with Crippen molar-refractivity contribution in [3.05, 3.63) is 65.9 Å². The van der Waals surface area contributed by atoms with Gasteiger partial charge in [-0.1, -0.05) is 38.5 Å². The van der Waals surface area contributed by atoms with Gasteiger partial charge in [-0.2, -0.15) is 0 Å². The number of aromatic nitrogens is 4. The Morgan fingerprint density at radius 2 is 1.70 bits per heavy atom. The van der Waals surface area contributed by atoms with E-state index < -0.39 is 30.5 Å². The Morgan fingerprint density at radius 1 is 0.891 bits per heavy atom. The molecule has 3 unspecified atom stereocenters. The number of aliphatic hydroxyl groups is 1. The predicted octanol–water partition coefficient (Wildman–Crippen LogP) is 7.09. The molecule has 3 saturated heterocycles. The number of methoxy groups -OCH3 is 2. The molecular formula is C48H58N8O8. The van der Waals surface area contributed by atoms with E-state index in [9.17, 15) is 19.5 Å². The van der Waals surface area contributed by atoms with E-state index in [0.717, 1.165) is 106 Å². The molecule has 0 spiro atoms. The highest BCUT2D eigenvalue weighted by molar-refractivity contribution is 6.07. The fourth-order valence-corrected chi connectivity index (χ4v) is 11.3. The maximum Gasteiger partial charge on any atom is 0.407 e. The second-order valence-electron chi connectivity index (χ2n) is 18.5. The minimum absolute atomic E-state index is 0.0245. The number of fused-ring (bicyclic) bond motifs is 7. The van der Waals surface area contributed by atoms with Crippen LogP contribution in [0.4, 0.5) is 9.59 Å². The summed E-state index contributed by atoms with van der Waals surface area (Å²) in [6.07, 6.45) is 6.84. The number of likely N-dealkylation sites (tertiary alicyclic amines) is 2. The van der Waals surface area contributed by atoms with Gasteiger partial charge in [-0.05, 0) is 109 Å². The van der Waals surface area contributed by atoms with Crippen molar-refractivity contribution in [1.29, 1.82) is 0 Å². The summed E-state index contributed by atoms with van der Waals surface area (Å²) < 4.78 is 21.9. The molecule has 4 fully saturated rings. The number of carbonyl (C=O) groups excluding carboxylic acids is 3. The van der Waals surface area contributed by atoms with E-state index in [-0.39, 0.29) is 35.9 Å². The molecule has 1 aliphatic carbocycles. The van der Waals surface area contributed by atoms with Crippen molar-refractivity contribution >= 4 is 39.9 Å². The molecule has 1 saturated carbocycles. The lowest BCUT2D eigenvalue weighted by Gasteiger charge is -2.39. The van der Waals surface area contributed by atoms with E-state index in [0.29, 0.717) is 45.1 Å². The van der Waals surface area contributed by atoms with Gasteiger partial charge in [0.2, 0.25) is 5.91 Å². The van der Waals surface area contributed by atoms with Gasteiger partial charge >= 0.3 is 12.2 Å². The molecule has 64 heavy (non-hydrogen) atoms. The molecule has 0 radical (unpaired) electrons. The van der Waals surface area contributed by atoms with Gasteiger partial charge < -0.3 is 49.6 Å². The minimum atomic E-state index is -0.912. The normalized spacial score (nSPS) is 23.6. The molecule has 7 atom stereocenters. The van der Waals surface area contributed by atoms with Crippen LogP contribution < -0.4 is 15.4 Å². The first-order valence-corrected chi connectivity index (χ1v) is 22.9. The third kappa shape index (κ3) is 7.62. The maximum absolute atomic E-state index is 14.1. The summed E-state index contributed by atoms with van der Waals surface area (Å²) in [5, 5.41) is 19.7. The molecule has 338 valence electrons. The maximum atomic E-state index is 14.1. The van der Waals surface area contributed by atoms with Crippen molar-refractivity contribution in [2.24, 2.45) is 17.8 Å². The van der Waals surface area contributed by atoms with Gasteiger partial charge in [0.1, 0.15) is 36.3 Å². The molecule has 5 aromatic rings. The second kappa shape index (κ2) is 17.3. The average Bonchev–Trinajstić information content (AvgIpc) is 4.17. The van der Waals surface area contributed by atoms with Crippen molar-refractivity contribution in [3.8, 4) is 28.1 Å². The molecule has 3 aromatic carbocycles. The Balaban J connectivity index is 0.898. The van der Waals surface area contributed by atoms with Gasteiger partial charge in [-0.25, -0.2) is 19.6 Å². The third-order valence-corrected chi connectivity index (χ3v) is 14.6. The number of nitrogens with zero attached hydrogens (tertiary/aromatic N) is 4. The standard InChI is InChI=1S/C48H58N8O8/c1-25(2)40(53-47(59)61-3)46(58)56-36-8-5-7-29(36)21-38(56)44-50-34-13-11-27-20-33-31-12-10-28(19-30(31)24-64-39(33)22-32(27)42(34)52-44)35-23-49-43(51-35)37-9-6-16-55(37)45(57)41(54-48(60)62-4)26-14-17-63-18-15-26/h10-13,19-20,22-23,25-26,29,36-38,40-41,46,58H,5-9,14-18,21,24H2,1-4H3,(H,49,51)(H,50,52)(H,53,59)(H,54,60)/t29?,36-,37?,38-,40-,41-,46?/m0/s1. The zero-order chi connectivity index (χ0) is 44.2. The summed E-state index contributed by atoms with van der Waals surface area (Å²) in [6.45, 7) is 6.08. The second-order valence-corrected chi connectivity index (χ2v) is 18.5. The van der Waals surface area contributed by atoms with E-state index in [1.807, 2.05) is 24.9 Å². The van der Waals surface area contributed by atoms with E-state index in [1.54, 1.807) is 0 Å². The molecule has 2 aromatic heterocycles. The van der Waals surface area contributed by atoms with Gasteiger partial charge in [0.05, 0.1) is 55.3 Å². The highest BCUT2D eigenvalue weighted by atomic mass is 16.5. The van der Waals surface area contributed by atoms with Gasteiger partial charge in [0.15, 0.2) is 0 Å². The lowest BCUT2D eigenvalue weighted by atomic mass is 9.90. The number of hydrogen-bond donors (Lipinski definition) is 5. The van der Waals surface area contributed by atoms with Crippen LogP contribution in [0.15, 0.2) is 48.7 Å². The van der Waals surface area contributed by atoms with Crippen LogP contribution in [-0.2, 0) is 25.6 Å². The molecular weight excluding hydrogens is 817 g/mol. The average molecular weight is 875 g/mol. The number of alkyl carbamates (subject to hydrolysis) is 2. The van der Waals surface area contributed by atoms with Gasteiger partial charge in [0, 0.05) is 36.8 Å². The van der Waals surface area contributed by atoms with Crippen LogP contribution in [0.2, 0.25) is 0 Å². The van der Waals surface area contributed by atoms with E-state index in [4.69, 9.17) is 28.9 Å². The van der Waals surface area contributed by atoms with Gasteiger partial charge in [-0.15, -0.1) is 0 Å². The number of H-pyrrole nitrogens is 2. The largest absolute Gasteiger partial charge is 0.488 e. The van der Waals surface area contributed by atoms with Crippen LogP contribution in [0, 0.1) is 17.8 Å². The first-order chi connectivity index (χ1) is 31.1.